The van der Waals surface area contributed by atoms with Crippen LogP contribution in [0.2, 0.25) is 0 Å². The van der Waals surface area contributed by atoms with Crippen LogP contribution < -0.4 is 4.98 Å². The molecule has 0 spiro atoms. The average Bonchev–Trinajstić information content (AvgIpc) is 3.04. The van der Waals surface area contributed by atoms with E-state index in [9.17, 15) is 13.0 Å². The second-order valence-electron chi connectivity index (χ2n) is 11.2. The number of rotatable bonds is 2. The molecule has 0 bridgehead atoms. The highest BCUT2D eigenvalue weighted by molar-refractivity contribution is 7.80. The molecule has 1 aromatic rings. The molecule has 1 aromatic heterocycles. The van der Waals surface area contributed by atoms with Gasteiger partial charge in [-0.05, 0) is 98.2 Å². The Morgan fingerprint density at radius 2 is 1.58 bits per heavy atom. The van der Waals surface area contributed by atoms with E-state index in [2.05, 4.69) is 25.8 Å². The predicted octanol–water partition coefficient (Wildman–Crippen LogP) is 5.01. The summed E-state index contributed by atoms with van der Waals surface area (Å²) in [7, 11) is -4.58. The zero-order chi connectivity index (χ0) is 22.3. The van der Waals surface area contributed by atoms with E-state index in [0.717, 1.165) is 42.9 Å². The Hall–Kier alpha value is -0.980. The van der Waals surface area contributed by atoms with E-state index in [4.69, 9.17) is 4.18 Å². The van der Waals surface area contributed by atoms with Gasteiger partial charge in [-0.25, -0.2) is 13.4 Å². The molecule has 8 atom stereocenters. The molecular weight excluding hydrogens is 410 g/mol. The quantitative estimate of drug-likeness (QED) is 0.469. The molecule has 0 aromatic carbocycles. The first-order chi connectivity index (χ1) is 14.6. The molecule has 4 fully saturated rings. The van der Waals surface area contributed by atoms with Crippen molar-refractivity contribution in [3.63, 3.8) is 0 Å². The lowest BCUT2D eigenvalue weighted by atomic mass is 9.45. The van der Waals surface area contributed by atoms with Gasteiger partial charge in [0.15, 0.2) is 12.4 Å². The Labute approximate surface area is 188 Å². The van der Waals surface area contributed by atoms with Crippen LogP contribution in [0.25, 0.3) is 0 Å². The molecule has 0 radical (unpaired) electrons. The third-order valence-corrected chi connectivity index (χ3v) is 10.5. The maximum atomic E-state index is 11.0. The highest BCUT2D eigenvalue weighted by Gasteiger charge is 2.59. The largest absolute Gasteiger partial charge is 0.726 e. The van der Waals surface area contributed by atoms with Gasteiger partial charge < -0.3 is 4.55 Å². The van der Waals surface area contributed by atoms with Gasteiger partial charge in [-0.15, -0.1) is 0 Å². The third kappa shape index (κ3) is 4.58. The number of H-pyrrole nitrogens is 1. The summed E-state index contributed by atoms with van der Waals surface area (Å²) in [4.78, 5) is 2.89. The highest BCUT2D eigenvalue weighted by atomic mass is 32.3. The SMILES string of the molecule is CC1CC[C@H]2[C@H]3CC[C@@H]4C[C@H](OS(=O)(=O)[O-])CC[C@]4(C)[C@H]3CC[C@@]12C.c1cc[nH+]cc1. The van der Waals surface area contributed by atoms with Crippen molar-refractivity contribution in [3.8, 4) is 0 Å². The van der Waals surface area contributed by atoms with Gasteiger partial charge in [0.2, 0.25) is 10.4 Å². The Morgan fingerprint density at radius 1 is 0.903 bits per heavy atom. The molecular formula is C25H39NO4S. The zero-order valence-corrected chi connectivity index (χ0v) is 20.1. The molecule has 31 heavy (non-hydrogen) atoms. The molecule has 5 nitrogen and oxygen atoms in total. The van der Waals surface area contributed by atoms with Crippen molar-refractivity contribution in [1.29, 1.82) is 0 Å². The minimum absolute atomic E-state index is 0.308. The van der Waals surface area contributed by atoms with Crippen molar-refractivity contribution in [3.05, 3.63) is 30.6 Å². The minimum Gasteiger partial charge on any atom is -0.726 e. The second-order valence-corrected chi connectivity index (χ2v) is 12.2. The summed E-state index contributed by atoms with van der Waals surface area (Å²) >= 11 is 0. The summed E-state index contributed by atoms with van der Waals surface area (Å²) in [6.45, 7) is 7.46. The summed E-state index contributed by atoms with van der Waals surface area (Å²) in [6.07, 6.45) is 13.8. The van der Waals surface area contributed by atoms with Crippen LogP contribution in [0.4, 0.5) is 0 Å². The molecule has 4 saturated carbocycles. The van der Waals surface area contributed by atoms with Crippen molar-refractivity contribution in [2.24, 2.45) is 40.4 Å². The average molecular weight is 450 g/mol. The van der Waals surface area contributed by atoms with Gasteiger partial charge in [0.25, 0.3) is 0 Å². The van der Waals surface area contributed by atoms with Gasteiger partial charge in [0, 0.05) is 12.1 Å². The van der Waals surface area contributed by atoms with E-state index in [1.54, 1.807) is 0 Å². The van der Waals surface area contributed by atoms with Crippen molar-refractivity contribution < 1.29 is 22.1 Å². The summed E-state index contributed by atoms with van der Waals surface area (Å²) in [5.74, 6) is 3.88. The number of aromatic nitrogens is 1. The fourth-order valence-electron chi connectivity index (χ4n) is 8.08. The Kier molecular flexibility index (Phi) is 6.55. The number of fused-ring (bicyclic) bond motifs is 5. The number of pyridine rings is 1. The van der Waals surface area contributed by atoms with Crippen molar-refractivity contribution in [2.75, 3.05) is 0 Å². The van der Waals surface area contributed by atoms with E-state index < -0.39 is 16.5 Å². The smallest absolute Gasteiger partial charge is 0.217 e. The summed E-state index contributed by atoms with van der Waals surface area (Å²) < 4.78 is 37.8. The fraction of sp³-hybridized carbons (Fsp3) is 0.800. The highest BCUT2D eigenvalue weighted by Crippen LogP contribution is 2.67. The summed E-state index contributed by atoms with van der Waals surface area (Å²) in [6, 6.07) is 5.86. The van der Waals surface area contributed by atoms with Crippen LogP contribution in [0, 0.1) is 40.4 Å². The molecule has 0 amide bonds. The van der Waals surface area contributed by atoms with Crippen LogP contribution in [0.15, 0.2) is 30.6 Å². The maximum Gasteiger partial charge on any atom is 0.217 e. The van der Waals surface area contributed by atoms with E-state index in [-0.39, 0.29) is 0 Å². The second kappa shape index (κ2) is 8.75. The monoisotopic (exact) mass is 449 g/mol. The van der Waals surface area contributed by atoms with E-state index >= 15 is 0 Å². The van der Waals surface area contributed by atoms with Crippen LogP contribution in [-0.4, -0.2) is 19.1 Å². The Balaban J connectivity index is 0.000000334. The molecule has 1 unspecified atom stereocenters. The first-order valence-corrected chi connectivity index (χ1v) is 13.5. The lowest BCUT2D eigenvalue weighted by Gasteiger charge is -2.61. The maximum absolute atomic E-state index is 11.0. The van der Waals surface area contributed by atoms with Gasteiger partial charge in [0.05, 0.1) is 6.10 Å². The standard InChI is InChI=1S/C20H34O4S.C5H5N/c1-13-4-7-17-16-6-5-14-12-15(24-25(21,22)23)8-10-20(14,3)18(16)9-11-19(13,17)2;1-2-4-6-5-3-1/h13-18H,4-12H2,1-3H3,(H,21,22,23);1-5H/t13?,14-,15-,16-,17+,18+,19+,20+;/m1./s1. The normalized spacial score (nSPS) is 44.3. The van der Waals surface area contributed by atoms with Gasteiger partial charge >= 0.3 is 0 Å². The van der Waals surface area contributed by atoms with E-state index in [1.165, 1.54) is 38.5 Å². The Bertz CT molecular complexity index is 820. The zero-order valence-electron chi connectivity index (χ0n) is 19.3. The van der Waals surface area contributed by atoms with Gasteiger partial charge in [-0.1, -0.05) is 26.8 Å². The van der Waals surface area contributed by atoms with Gasteiger partial charge in [-0.3, -0.25) is 4.18 Å². The third-order valence-electron chi connectivity index (χ3n) is 9.95. The number of hydrogen-bond acceptors (Lipinski definition) is 4. The van der Waals surface area contributed by atoms with Crippen LogP contribution in [0.3, 0.4) is 0 Å². The molecule has 0 aliphatic heterocycles. The summed E-state index contributed by atoms with van der Waals surface area (Å²) in [5.41, 5.74) is 0.851. The molecule has 1 heterocycles. The van der Waals surface area contributed by atoms with Crippen LogP contribution in [-0.2, 0) is 14.6 Å². The summed E-state index contributed by atoms with van der Waals surface area (Å²) in [5, 5.41) is 0. The van der Waals surface area contributed by atoms with Crippen molar-refractivity contribution >= 4 is 10.4 Å². The molecule has 0 saturated heterocycles. The molecule has 4 aliphatic carbocycles. The number of hydrogen-bond donors (Lipinski definition) is 0. The first kappa shape index (κ1) is 23.2. The van der Waals surface area contributed by atoms with Gasteiger partial charge in [0.1, 0.15) is 0 Å². The van der Waals surface area contributed by atoms with Crippen LogP contribution >= 0.6 is 0 Å². The number of nitrogens with one attached hydrogen (secondary N) is 1. The molecule has 5 rings (SSSR count). The van der Waals surface area contributed by atoms with Gasteiger partial charge in [-0.2, -0.15) is 0 Å². The molecule has 4 aliphatic rings. The van der Waals surface area contributed by atoms with Crippen molar-refractivity contribution in [1.82, 2.24) is 0 Å². The topological polar surface area (TPSA) is 80.6 Å². The first-order valence-electron chi connectivity index (χ1n) is 12.2. The van der Waals surface area contributed by atoms with E-state index in [1.807, 2.05) is 30.6 Å². The van der Waals surface area contributed by atoms with Crippen LogP contribution in [0.5, 0.6) is 0 Å². The molecule has 1 N–H and O–H groups in total. The number of aromatic amines is 1. The van der Waals surface area contributed by atoms with Crippen molar-refractivity contribution in [2.45, 2.75) is 84.7 Å². The molecule has 174 valence electrons. The predicted molar refractivity (Wildman–Crippen MR) is 118 cm³/mol. The van der Waals surface area contributed by atoms with Crippen LogP contribution in [0.1, 0.15) is 78.6 Å². The lowest BCUT2D eigenvalue weighted by molar-refractivity contribution is -0.377. The van der Waals surface area contributed by atoms with E-state index in [0.29, 0.717) is 16.7 Å². The lowest BCUT2D eigenvalue weighted by Crippen LogP contribution is -2.54. The molecule has 6 heteroatoms. The fourth-order valence-corrected chi connectivity index (χ4v) is 8.59. The minimum atomic E-state index is -4.58. The Morgan fingerprint density at radius 3 is 2.19 bits per heavy atom.